The maximum Gasteiger partial charge on any atom is 1.00 e. The molecule has 0 amide bonds. The van der Waals surface area contributed by atoms with Crippen LogP contribution >= 0.6 is 24.4 Å². The first kappa shape index (κ1) is 26.4. The van der Waals surface area contributed by atoms with Crippen LogP contribution in [0.25, 0.3) is 21.8 Å². The van der Waals surface area contributed by atoms with E-state index < -0.39 is 0 Å². The Morgan fingerprint density at radius 3 is 2.04 bits per heavy atom. The van der Waals surface area contributed by atoms with E-state index in [-0.39, 0.29) is 34.8 Å². The SMILES string of the molecule is CNC(=S)N(C)CCNc1c2ccccc2nc2ccccc12.N=C=S.[Au+].[Cl-]. The number of halogens is 1. The van der Waals surface area contributed by atoms with Crippen molar-refractivity contribution in [3.8, 4) is 0 Å². The number of nitrogens with zero attached hydrogens (tertiary/aromatic N) is 2. The van der Waals surface area contributed by atoms with E-state index in [1.807, 2.05) is 43.3 Å². The second-order valence-electron chi connectivity index (χ2n) is 5.53. The monoisotopic (exact) mass is 615 g/mol. The standard InChI is InChI=1S/C18H20N4S.CHNS.Au.ClH/c1-19-18(23)22(2)12-11-20-17-13-7-3-5-9-15(13)21-16-10-6-4-8-14(16)17;2-1-3;;/h3-10H,11-12H2,1-2H3,(H,19,23)(H,20,21);2H;;1H/q;;+1;/p-1. The first-order valence-corrected chi connectivity index (χ1v) is 8.92. The zero-order valence-electron chi connectivity index (χ0n) is 15.4. The van der Waals surface area contributed by atoms with Gasteiger partial charge in [0.25, 0.3) is 0 Å². The van der Waals surface area contributed by atoms with Crippen molar-refractivity contribution in [2.24, 2.45) is 0 Å². The first-order valence-electron chi connectivity index (χ1n) is 8.10. The number of hydrogen-bond donors (Lipinski definition) is 3. The number of aromatic nitrogens is 1. The van der Waals surface area contributed by atoms with E-state index in [0.29, 0.717) is 0 Å². The molecule has 2 aromatic carbocycles. The molecule has 0 saturated heterocycles. The molecule has 0 aliphatic carbocycles. The van der Waals surface area contributed by atoms with E-state index in [9.17, 15) is 0 Å². The zero-order chi connectivity index (χ0) is 18.9. The topological polar surface area (TPSA) is 64.0 Å². The Morgan fingerprint density at radius 2 is 1.57 bits per heavy atom. The summed E-state index contributed by atoms with van der Waals surface area (Å²) in [6.07, 6.45) is 0. The van der Waals surface area contributed by atoms with Gasteiger partial charge in [0.05, 0.1) is 21.9 Å². The minimum absolute atomic E-state index is 0. The Balaban J connectivity index is 0.00000137. The number of nitrogens with one attached hydrogen (secondary N) is 3. The Hall–Kier alpha value is -1.57. The van der Waals surface area contributed by atoms with Crippen LogP contribution in [0, 0.1) is 5.41 Å². The predicted molar refractivity (Wildman–Crippen MR) is 117 cm³/mol. The van der Waals surface area contributed by atoms with Gasteiger partial charge >= 0.3 is 22.4 Å². The summed E-state index contributed by atoms with van der Waals surface area (Å²) in [6, 6.07) is 16.5. The molecule has 0 atom stereocenters. The molecular formula is C19H21AuClN5S2. The van der Waals surface area contributed by atoms with Crippen LogP contribution in [0.15, 0.2) is 48.5 Å². The summed E-state index contributed by atoms with van der Waals surface area (Å²) < 4.78 is 0. The molecule has 1 aromatic heterocycles. The third-order valence-corrected chi connectivity index (χ3v) is 4.41. The second-order valence-corrected chi connectivity index (χ2v) is 6.12. The Kier molecular flexibility index (Phi) is 12.8. The molecule has 0 saturated carbocycles. The zero-order valence-corrected chi connectivity index (χ0v) is 20.0. The minimum Gasteiger partial charge on any atom is -1.00 e. The van der Waals surface area contributed by atoms with Crippen LogP contribution in [0.2, 0.25) is 0 Å². The van der Waals surface area contributed by atoms with E-state index in [2.05, 4.69) is 47.1 Å². The van der Waals surface area contributed by atoms with Crippen molar-refractivity contribution in [1.82, 2.24) is 15.2 Å². The Labute approximate surface area is 197 Å². The van der Waals surface area contributed by atoms with E-state index >= 15 is 0 Å². The summed E-state index contributed by atoms with van der Waals surface area (Å²) in [6.45, 7) is 1.63. The quantitative estimate of drug-likeness (QED) is 0.176. The molecule has 0 spiro atoms. The van der Waals surface area contributed by atoms with Crippen LogP contribution in [0.3, 0.4) is 0 Å². The van der Waals surface area contributed by atoms with Gasteiger partial charge in [0.1, 0.15) is 0 Å². The molecule has 0 unspecified atom stereocenters. The molecule has 1 heterocycles. The molecule has 0 bridgehead atoms. The van der Waals surface area contributed by atoms with Crippen LogP contribution in [-0.4, -0.2) is 47.3 Å². The largest absolute Gasteiger partial charge is 1.00 e. The van der Waals surface area contributed by atoms with Gasteiger partial charge in [-0.05, 0) is 36.6 Å². The first-order chi connectivity index (χ1) is 12.6. The van der Waals surface area contributed by atoms with Gasteiger partial charge in [-0.15, -0.1) is 0 Å². The molecule has 3 rings (SSSR count). The van der Waals surface area contributed by atoms with E-state index in [1.54, 1.807) is 5.16 Å². The summed E-state index contributed by atoms with van der Waals surface area (Å²) in [7, 11) is 3.83. The smallest absolute Gasteiger partial charge is 1.00 e. The van der Waals surface area contributed by atoms with Gasteiger partial charge in [-0.25, -0.2) is 10.4 Å². The minimum atomic E-state index is 0. The van der Waals surface area contributed by atoms with E-state index in [0.717, 1.165) is 45.7 Å². The van der Waals surface area contributed by atoms with Crippen molar-refractivity contribution in [2.75, 3.05) is 32.5 Å². The maximum atomic E-state index is 5.77. The van der Waals surface area contributed by atoms with Gasteiger partial charge in [-0.1, -0.05) is 36.4 Å². The summed E-state index contributed by atoms with van der Waals surface area (Å²) >= 11 is 9.05. The fourth-order valence-electron chi connectivity index (χ4n) is 2.67. The molecule has 28 heavy (non-hydrogen) atoms. The number of anilines is 1. The van der Waals surface area contributed by atoms with Crippen molar-refractivity contribution >= 4 is 62.2 Å². The number of rotatable bonds is 4. The van der Waals surface area contributed by atoms with Crippen molar-refractivity contribution < 1.29 is 34.8 Å². The van der Waals surface area contributed by atoms with Crippen molar-refractivity contribution in [2.45, 2.75) is 0 Å². The van der Waals surface area contributed by atoms with Gasteiger partial charge in [0.15, 0.2) is 5.11 Å². The summed E-state index contributed by atoms with van der Waals surface area (Å²) in [4.78, 5) is 6.76. The number of benzene rings is 2. The van der Waals surface area contributed by atoms with E-state index in [4.69, 9.17) is 22.6 Å². The molecule has 0 fully saturated rings. The molecule has 0 aliphatic rings. The molecule has 3 N–H and O–H groups in total. The van der Waals surface area contributed by atoms with Crippen LogP contribution < -0.4 is 23.0 Å². The fraction of sp³-hybridized carbons (Fsp3) is 0.211. The van der Waals surface area contributed by atoms with Gasteiger partial charge in [0.2, 0.25) is 0 Å². The number of pyridine rings is 1. The van der Waals surface area contributed by atoms with Gasteiger partial charge in [-0.2, -0.15) is 0 Å². The number of thiocarbonyl (C=S) groups is 2. The number of fused-ring (bicyclic) bond motifs is 2. The molecule has 9 heteroatoms. The van der Waals surface area contributed by atoms with Crippen molar-refractivity contribution in [3.05, 3.63) is 48.5 Å². The summed E-state index contributed by atoms with van der Waals surface area (Å²) in [5.41, 5.74) is 3.15. The van der Waals surface area contributed by atoms with Gasteiger partial charge < -0.3 is 27.9 Å². The normalized spacial score (nSPS) is 9.07. The number of hydrogen-bond acceptors (Lipinski definition) is 5. The summed E-state index contributed by atoms with van der Waals surface area (Å²) in [5, 5.41) is 17.0. The Morgan fingerprint density at radius 1 is 1.11 bits per heavy atom. The molecule has 0 aliphatic heterocycles. The maximum absolute atomic E-state index is 5.77. The third kappa shape index (κ3) is 6.79. The predicted octanol–water partition coefficient (Wildman–Crippen LogP) is 0.905. The van der Waals surface area contributed by atoms with Crippen LogP contribution in [0.1, 0.15) is 0 Å². The molecule has 152 valence electrons. The van der Waals surface area contributed by atoms with Crippen molar-refractivity contribution in [3.63, 3.8) is 0 Å². The van der Waals surface area contributed by atoms with Gasteiger partial charge in [0, 0.05) is 38.0 Å². The molecule has 5 nitrogen and oxygen atoms in total. The van der Waals surface area contributed by atoms with Crippen LogP contribution in [-0.2, 0) is 22.4 Å². The fourth-order valence-corrected chi connectivity index (χ4v) is 2.76. The van der Waals surface area contributed by atoms with Crippen LogP contribution in [0.5, 0.6) is 0 Å². The molecular weight excluding hydrogens is 595 g/mol. The number of para-hydroxylation sites is 2. The number of likely N-dealkylation sites (N-methyl/N-ethyl adjacent to an activating group) is 1. The van der Waals surface area contributed by atoms with Crippen molar-refractivity contribution in [1.29, 1.82) is 5.41 Å². The second kappa shape index (κ2) is 13.6. The average molecular weight is 616 g/mol. The average Bonchev–Trinajstić information content (AvgIpc) is 2.67. The van der Waals surface area contributed by atoms with E-state index in [1.165, 1.54) is 0 Å². The Bertz CT molecular complexity index is 894. The summed E-state index contributed by atoms with van der Waals surface area (Å²) in [5.74, 6) is 0. The number of isothiocyanates is 1. The third-order valence-electron chi connectivity index (χ3n) is 3.90. The molecule has 3 aromatic rings. The van der Waals surface area contributed by atoms with Crippen LogP contribution in [0.4, 0.5) is 5.69 Å². The molecule has 0 radical (unpaired) electrons. The van der Waals surface area contributed by atoms with Gasteiger partial charge in [-0.3, -0.25) is 0 Å².